The Kier molecular flexibility index (Phi) is 3.13. The summed E-state index contributed by atoms with van der Waals surface area (Å²) in [4.78, 5) is 10.5. The molecule has 0 atom stereocenters. The Bertz CT molecular complexity index is 131. The molecule has 0 aromatic carbocycles. The Labute approximate surface area is 61.9 Å². The highest BCUT2D eigenvalue weighted by Crippen LogP contribution is 2.11. The van der Waals surface area contributed by atoms with Crippen LogP contribution in [0.15, 0.2) is 12.7 Å². The molecule has 0 aliphatic rings. The fourth-order valence-corrected chi connectivity index (χ4v) is 0.325. The predicted octanol–water partition coefficient (Wildman–Crippen LogP) is 1.58. The van der Waals surface area contributed by atoms with Crippen molar-refractivity contribution >= 4 is 5.97 Å². The molecule has 0 bridgehead atoms. The maximum Gasteiger partial charge on any atom is 0.330 e. The Hall–Kier alpha value is -0.790. The van der Waals surface area contributed by atoms with E-state index in [4.69, 9.17) is 4.74 Å². The van der Waals surface area contributed by atoms with Gasteiger partial charge in [-0.3, -0.25) is 0 Å². The molecule has 0 saturated carbocycles. The van der Waals surface area contributed by atoms with E-state index in [9.17, 15) is 4.79 Å². The number of carbonyl (C=O) groups is 1. The van der Waals surface area contributed by atoms with Gasteiger partial charge in [0.15, 0.2) is 0 Å². The van der Waals surface area contributed by atoms with Crippen LogP contribution in [0, 0.1) is 12.3 Å². The molecule has 1 radical (unpaired) electrons. The second kappa shape index (κ2) is 3.40. The van der Waals surface area contributed by atoms with E-state index in [0.29, 0.717) is 6.61 Å². The van der Waals surface area contributed by atoms with Gasteiger partial charge in [-0.25, -0.2) is 4.79 Å². The molecule has 0 heterocycles. The molecular weight excluding hydrogens is 128 g/mol. The quantitative estimate of drug-likeness (QED) is 0.440. The Morgan fingerprint density at radius 1 is 1.70 bits per heavy atom. The second-order valence-electron chi connectivity index (χ2n) is 2.98. The highest BCUT2D eigenvalue weighted by Gasteiger charge is 2.11. The van der Waals surface area contributed by atoms with Crippen molar-refractivity contribution in [3.05, 3.63) is 19.6 Å². The van der Waals surface area contributed by atoms with Crippen LogP contribution < -0.4 is 0 Å². The van der Waals surface area contributed by atoms with Crippen LogP contribution in [0.4, 0.5) is 0 Å². The first-order valence-electron chi connectivity index (χ1n) is 3.10. The third kappa shape index (κ3) is 5.35. The first-order valence-corrected chi connectivity index (χ1v) is 3.10. The first-order chi connectivity index (χ1) is 4.45. The van der Waals surface area contributed by atoms with Gasteiger partial charge in [0.1, 0.15) is 0 Å². The van der Waals surface area contributed by atoms with E-state index in [1.165, 1.54) is 0 Å². The van der Waals surface area contributed by atoms with Crippen LogP contribution in [0.3, 0.4) is 0 Å². The zero-order valence-corrected chi connectivity index (χ0v) is 6.52. The van der Waals surface area contributed by atoms with E-state index in [2.05, 4.69) is 13.5 Å². The molecule has 2 nitrogen and oxygen atoms in total. The lowest BCUT2D eigenvalue weighted by atomic mass is 9.99. The van der Waals surface area contributed by atoms with Crippen LogP contribution in [0.25, 0.3) is 0 Å². The topological polar surface area (TPSA) is 26.3 Å². The lowest BCUT2D eigenvalue weighted by molar-refractivity contribution is -0.139. The van der Waals surface area contributed by atoms with Crippen molar-refractivity contribution in [1.29, 1.82) is 0 Å². The average molecular weight is 141 g/mol. The van der Waals surface area contributed by atoms with Crippen molar-refractivity contribution in [3.8, 4) is 0 Å². The fourth-order valence-electron chi connectivity index (χ4n) is 0.325. The van der Waals surface area contributed by atoms with Crippen molar-refractivity contribution in [2.45, 2.75) is 13.8 Å². The number of rotatable bonds is 3. The van der Waals surface area contributed by atoms with Gasteiger partial charge in [-0.05, 0) is 12.3 Å². The van der Waals surface area contributed by atoms with Gasteiger partial charge in [0, 0.05) is 6.08 Å². The van der Waals surface area contributed by atoms with Crippen molar-refractivity contribution in [2.24, 2.45) is 5.41 Å². The summed E-state index contributed by atoms with van der Waals surface area (Å²) in [5.74, 6) is -0.392. The van der Waals surface area contributed by atoms with E-state index in [1.54, 1.807) is 0 Å². The van der Waals surface area contributed by atoms with Gasteiger partial charge in [0.25, 0.3) is 0 Å². The molecule has 0 N–H and O–H groups in total. The number of hydrogen-bond acceptors (Lipinski definition) is 2. The molecule has 0 fully saturated rings. The van der Waals surface area contributed by atoms with Crippen LogP contribution in [0.1, 0.15) is 13.8 Å². The third-order valence-electron chi connectivity index (χ3n) is 0.772. The highest BCUT2D eigenvalue weighted by atomic mass is 16.5. The summed E-state index contributed by atoms with van der Waals surface area (Å²) in [6.07, 6.45) is 1.14. The minimum absolute atomic E-state index is 0.210. The van der Waals surface area contributed by atoms with E-state index < -0.39 is 5.97 Å². The predicted molar refractivity (Wildman–Crippen MR) is 40.3 cm³/mol. The number of esters is 1. The summed E-state index contributed by atoms with van der Waals surface area (Å²) < 4.78 is 4.74. The van der Waals surface area contributed by atoms with Crippen LogP contribution in [-0.4, -0.2) is 12.6 Å². The highest BCUT2D eigenvalue weighted by molar-refractivity contribution is 5.81. The minimum Gasteiger partial charge on any atom is -0.462 e. The molecule has 0 spiro atoms. The standard InChI is InChI=1S/C8H13O2/c1-5-7(9)10-6-8(2,3)4/h5H,1-2,6H2,3-4H3. The van der Waals surface area contributed by atoms with Crippen LogP contribution in [-0.2, 0) is 9.53 Å². The molecule has 0 aromatic heterocycles. The second-order valence-corrected chi connectivity index (χ2v) is 2.98. The SMILES string of the molecule is [CH2]C(C)(C)COC(=O)C=C. The number of carbonyl (C=O) groups excluding carboxylic acids is 1. The summed E-state index contributed by atoms with van der Waals surface area (Å²) in [6.45, 7) is 11.1. The zero-order chi connectivity index (χ0) is 8.20. The van der Waals surface area contributed by atoms with E-state index in [1.807, 2.05) is 13.8 Å². The number of ether oxygens (including phenoxy) is 1. The smallest absolute Gasteiger partial charge is 0.330 e. The lowest BCUT2D eigenvalue weighted by Gasteiger charge is -2.16. The van der Waals surface area contributed by atoms with Gasteiger partial charge in [0.05, 0.1) is 6.61 Å². The normalized spacial score (nSPS) is 10.7. The van der Waals surface area contributed by atoms with Crippen molar-refractivity contribution in [2.75, 3.05) is 6.61 Å². The largest absolute Gasteiger partial charge is 0.462 e. The van der Waals surface area contributed by atoms with Gasteiger partial charge in [-0.2, -0.15) is 0 Å². The molecule has 0 aliphatic heterocycles. The maximum atomic E-state index is 10.5. The summed E-state index contributed by atoms with van der Waals surface area (Å²) in [6, 6.07) is 0. The minimum atomic E-state index is -0.392. The molecule has 2 heteroatoms. The first kappa shape index (κ1) is 9.21. The van der Waals surface area contributed by atoms with Crippen LogP contribution >= 0.6 is 0 Å². The molecule has 0 aliphatic carbocycles. The molecular formula is C8H13O2. The maximum absolute atomic E-state index is 10.5. The molecule has 57 valence electrons. The Morgan fingerprint density at radius 3 is 2.50 bits per heavy atom. The Morgan fingerprint density at radius 2 is 2.20 bits per heavy atom. The molecule has 0 saturated heterocycles. The molecule has 0 unspecified atom stereocenters. The van der Waals surface area contributed by atoms with Crippen molar-refractivity contribution < 1.29 is 9.53 Å². The van der Waals surface area contributed by atoms with E-state index in [0.717, 1.165) is 6.08 Å². The van der Waals surface area contributed by atoms with Gasteiger partial charge in [-0.1, -0.05) is 20.4 Å². The summed E-state index contributed by atoms with van der Waals surface area (Å²) >= 11 is 0. The fraction of sp³-hybridized carbons (Fsp3) is 0.500. The summed E-state index contributed by atoms with van der Waals surface area (Å²) in [7, 11) is 0. The molecule has 0 aromatic rings. The average Bonchev–Trinajstić information content (AvgIpc) is 1.81. The van der Waals surface area contributed by atoms with Gasteiger partial charge >= 0.3 is 5.97 Å². The lowest BCUT2D eigenvalue weighted by Crippen LogP contribution is -2.17. The number of hydrogen-bond donors (Lipinski definition) is 0. The van der Waals surface area contributed by atoms with Gasteiger partial charge in [-0.15, -0.1) is 0 Å². The zero-order valence-electron chi connectivity index (χ0n) is 6.52. The monoisotopic (exact) mass is 141 g/mol. The van der Waals surface area contributed by atoms with Crippen LogP contribution in [0.5, 0.6) is 0 Å². The van der Waals surface area contributed by atoms with E-state index in [-0.39, 0.29) is 5.41 Å². The molecule has 10 heavy (non-hydrogen) atoms. The summed E-state index contributed by atoms with van der Waals surface area (Å²) in [5, 5.41) is 0. The van der Waals surface area contributed by atoms with E-state index >= 15 is 0 Å². The van der Waals surface area contributed by atoms with Crippen molar-refractivity contribution in [3.63, 3.8) is 0 Å². The van der Waals surface area contributed by atoms with Crippen LogP contribution in [0.2, 0.25) is 0 Å². The Balaban J connectivity index is 3.55. The van der Waals surface area contributed by atoms with Crippen molar-refractivity contribution in [1.82, 2.24) is 0 Å². The molecule has 0 amide bonds. The van der Waals surface area contributed by atoms with Gasteiger partial charge < -0.3 is 4.74 Å². The van der Waals surface area contributed by atoms with Gasteiger partial charge in [0.2, 0.25) is 0 Å². The summed E-state index contributed by atoms with van der Waals surface area (Å²) in [5.41, 5.74) is -0.210. The molecule has 0 rings (SSSR count). The third-order valence-corrected chi connectivity index (χ3v) is 0.772.